The van der Waals surface area contributed by atoms with Crippen LogP contribution in [0.3, 0.4) is 0 Å². The van der Waals surface area contributed by atoms with E-state index in [0.717, 1.165) is 56.6 Å². The maximum absolute atomic E-state index is 13.5. The maximum atomic E-state index is 13.5. The van der Waals surface area contributed by atoms with Gasteiger partial charge in [-0.1, -0.05) is 12.1 Å². The summed E-state index contributed by atoms with van der Waals surface area (Å²) in [5, 5.41) is 9.98. The van der Waals surface area contributed by atoms with Crippen molar-refractivity contribution in [2.24, 2.45) is 17.8 Å². The minimum Gasteiger partial charge on any atom is -0.497 e. The van der Waals surface area contributed by atoms with Crippen LogP contribution in [0.4, 0.5) is 0 Å². The quantitative estimate of drug-likeness (QED) is 0.821. The van der Waals surface area contributed by atoms with E-state index >= 15 is 0 Å². The van der Waals surface area contributed by atoms with Gasteiger partial charge in [-0.2, -0.15) is 0 Å². The van der Waals surface area contributed by atoms with Crippen molar-refractivity contribution in [3.63, 3.8) is 0 Å². The average Bonchev–Trinajstić information content (AvgIpc) is 3.45. The molecule has 2 amide bonds. The van der Waals surface area contributed by atoms with Crippen molar-refractivity contribution in [1.29, 1.82) is 0 Å². The number of ether oxygens (including phenoxy) is 1. The summed E-state index contributed by atoms with van der Waals surface area (Å²) in [5.41, 5.74) is 0.682. The molecule has 0 radical (unpaired) electrons. The summed E-state index contributed by atoms with van der Waals surface area (Å²) in [6, 6.07) is 7.88. The van der Waals surface area contributed by atoms with Gasteiger partial charge in [0, 0.05) is 45.6 Å². The van der Waals surface area contributed by atoms with Crippen LogP contribution in [-0.4, -0.2) is 66.6 Å². The number of carbonyl (C=O) groups is 2. The highest BCUT2D eigenvalue weighted by Crippen LogP contribution is 2.51. The van der Waals surface area contributed by atoms with Crippen molar-refractivity contribution >= 4 is 11.8 Å². The first-order valence-electron chi connectivity index (χ1n) is 10.8. The molecular weight excluding hydrogens is 368 g/mol. The molecule has 2 aliphatic heterocycles. The van der Waals surface area contributed by atoms with Gasteiger partial charge in [-0.15, -0.1) is 0 Å². The SMILES string of the molecule is COc1ccc(C2(C(=O)N3C[C@@H](CO)[C@H](C4CCN(C(C)=O)CC4)C3)CC2)cc1. The number of benzene rings is 1. The Morgan fingerprint density at radius 3 is 2.28 bits per heavy atom. The number of amides is 2. The first-order valence-corrected chi connectivity index (χ1v) is 10.8. The lowest BCUT2D eigenvalue weighted by Crippen LogP contribution is -2.41. The summed E-state index contributed by atoms with van der Waals surface area (Å²) in [4.78, 5) is 29.0. The molecule has 1 saturated carbocycles. The zero-order chi connectivity index (χ0) is 20.6. The van der Waals surface area contributed by atoms with Gasteiger partial charge in [-0.3, -0.25) is 9.59 Å². The Kier molecular flexibility index (Phi) is 5.56. The molecule has 3 aliphatic rings. The Bertz CT molecular complexity index is 751. The lowest BCUT2D eigenvalue weighted by Gasteiger charge is -2.35. The summed E-state index contributed by atoms with van der Waals surface area (Å²) < 4.78 is 5.25. The van der Waals surface area contributed by atoms with Gasteiger partial charge in [0.05, 0.1) is 12.5 Å². The van der Waals surface area contributed by atoms with E-state index in [-0.39, 0.29) is 29.8 Å². The predicted molar refractivity (Wildman–Crippen MR) is 110 cm³/mol. The first-order chi connectivity index (χ1) is 14.0. The van der Waals surface area contributed by atoms with E-state index in [0.29, 0.717) is 18.4 Å². The van der Waals surface area contributed by atoms with Crippen molar-refractivity contribution in [2.75, 3.05) is 39.9 Å². The number of rotatable bonds is 5. The van der Waals surface area contributed by atoms with Crippen LogP contribution in [0, 0.1) is 17.8 Å². The summed E-state index contributed by atoms with van der Waals surface area (Å²) in [7, 11) is 1.65. The molecule has 2 saturated heterocycles. The summed E-state index contributed by atoms with van der Waals surface area (Å²) >= 11 is 0. The number of aliphatic hydroxyl groups is 1. The molecule has 1 aromatic carbocycles. The monoisotopic (exact) mass is 400 g/mol. The molecule has 1 aromatic rings. The number of methoxy groups -OCH3 is 1. The Morgan fingerprint density at radius 1 is 1.10 bits per heavy atom. The molecule has 0 spiro atoms. The molecule has 6 heteroatoms. The van der Waals surface area contributed by atoms with E-state index in [1.54, 1.807) is 14.0 Å². The molecule has 0 unspecified atom stereocenters. The second-order valence-corrected chi connectivity index (χ2v) is 8.97. The molecule has 3 fully saturated rings. The second kappa shape index (κ2) is 7.98. The molecule has 0 aromatic heterocycles. The van der Waals surface area contributed by atoms with Gasteiger partial charge in [0.1, 0.15) is 5.75 Å². The number of carbonyl (C=O) groups excluding carboxylic acids is 2. The fourth-order valence-corrected chi connectivity index (χ4v) is 5.40. The highest BCUT2D eigenvalue weighted by Gasteiger charge is 2.55. The van der Waals surface area contributed by atoms with E-state index in [2.05, 4.69) is 0 Å². The molecule has 1 N–H and O–H groups in total. The average molecular weight is 401 g/mol. The van der Waals surface area contributed by atoms with Crippen molar-refractivity contribution in [3.05, 3.63) is 29.8 Å². The van der Waals surface area contributed by atoms with Crippen molar-refractivity contribution in [1.82, 2.24) is 9.80 Å². The topological polar surface area (TPSA) is 70.1 Å². The fraction of sp³-hybridized carbons (Fsp3) is 0.652. The highest BCUT2D eigenvalue weighted by molar-refractivity contribution is 5.91. The molecule has 29 heavy (non-hydrogen) atoms. The number of hydrogen-bond acceptors (Lipinski definition) is 4. The predicted octanol–water partition coefficient (Wildman–Crippen LogP) is 2.05. The molecule has 1 aliphatic carbocycles. The van der Waals surface area contributed by atoms with Crippen LogP contribution in [0.15, 0.2) is 24.3 Å². The third kappa shape index (κ3) is 3.75. The number of nitrogens with zero attached hydrogens (tertiary/aromatic N) is 2. The third-order valence-electron chi connectivity index (χ3n) is 7.41. The van der Waals surface area contributed by atoms with Gasteiger partial charge in [-0.25, -0.2) is 0 Å². The van der Waals surface area contributed by atoms with Gasteiger partial charge >= 0.3 is 0 Å². The van der Waals surface area contributed by atoms with E-state index in [4.69, 9.17) is 4.74 Å². The van der Waals surface area contributed by atoms with Crippen LogP contribution in [-0.2, 0) is 15.0 Å². The van der Waals surface area contributed by atoms with Crippen LogP contribution in [0.25, 0.3) is 0 Å². The van der Waals surface area contributed by atoms with Crippen molar-refractivity contribution in [2.45, 2.75) is 38.0 Å². The summed E-state index contributed by atoms with van der Waals surface area (Å²) in [6.45, 7) is 4.70. The Labute approximate surface area is 172 Å². The number of aliphatic hydroxyl groups excluding tert-OH is 1. The van der Waals surface area contributed by atoms with E-state index in [9.17, 15) is 14.7 Å². The summed E-state index contributed by atoms with van der Waals surface area (Å²) in [5.74, 6) is 2.08. The minimum absolute atomic E-state index is 0.122. The standard InChI is InChI=1S/C23H32N2O4/c1-16(27)24-11-7-17(8-12-24)21-14-25(13-18(21)15-26)22(28)23(9-10-23)19-3-5-20(29-2)6-4-19/h3-6,17-18,21,26H,7-15H2,1-2H3/t18-,21-/m0/s1. The van der Waals surface area contributed by atoms with Gasteiger partial charge in [0.2, 0.25) is 11.8 Å². The molecular formula is C23H32N2O4. The Hall–Kier alpha value is -2.08. The van der Waals surface area contributed by atoms with Crippen molar-refractivity contribution in [3.8, 4) is 5.75 Å². The zero-order valence-electron chi connectivity index (χ0n) is 17.5. The van der Waals surface area contributed by atoms with Crippen LogP contribution in [0.5, 0.6) is 5.75 Å². The summed E-state index contributed by atoms with van der Waals surface area (Å²) in [6.07, 6.45) is 3.71. The zero-order valence-corrected chi connectivity index (χ0v) is 17.5. The molecule has 2 atom stereocenters. The molecule has 6 nitrogen and oxygen atoms in total. The van der Waals surface area contributed by atoms with Gasteiger partial charge in [0.25, 0.3) is 0 Å². The van der Waals surface area contributed by atoms with Gasteiger partial charge in [-0.05, 0) is 55.2 Å². The number of piperidine rings is 1. The van der Waals surface area contributed by atoms with Gasteiger partial charge in [0.15, 0.2) is 0 Å². The number of hydrogen-bond donors (Lipinski definition) is 1. The largest absolute Gasteiger partial charge is 0.497 e. The fourth-order valence-electron chi connectivity index (χ4n) is 5.40. The van der Waals surface area contributed by atoms with Gasteiger partial charge < -0.3 is 19.6 Å². The van der Waals surface area contributed by atoms with Crippen LogP contribution >= 0.6 is 0 Å². The Morgan fingerprint density at radius 2 is 1.76 bits per heavy atom. The lowest BCUT2D eigenvalue weighted by molar-refractivity contribution is -0.133. The minimum atomic E-state index is -0.390. The van der Waals surface area contributed by atoms with Crippen LogP contribution < -0.4 is 4.74 Å². The third-order valence-corrected chi connectivity index (χ3v) is 7.41. The number of likely N-dealkylation sites (tertiary alicyclic amines) is 2. The highest BCUT2D eigenvalue weighted by atomic mass is 16.5. The second-order valence-electron chi connectivity index (χ2n) is 8.97. The van der Waals surface area contributed by atoms with Crippen molar-refractivity contribution < 1.29 is 19.4 Å². The smallest absolute Gasteiger partial charge is 0.233 e. The normalized spacial score (nSPS) is 26.4. The molecule has 0 bridgehead atoms. The van der Waals surface area contributed by atoms with E-state index in [1.165, 1.54) is 0 Å². The van der Waals surface area contributed by atoms with E-state index < -0.39 is 0 Å². The lowest BCUT2D eigenvalue weighted by atomic mass is 9.79. The molecule has 4 rings (SSSR count). The van der Waals surface area contributed by atoms with Crippen LogP contribution in [0.2, 0.25) is 0 Å². The maximum Gasteiger partial charge on any atom is 0.233 e. The molecule has 158 valence electrons. The first kappa shape index (κ1) is 20.2. The molecule has 2 heterocycles. The Balaban J connectivity index is 1.44. The van der Waals surface area contributed by atoms with Crippen LogP contribution in [0.1, 0.15) is 38.2 Å². The van der Waals surface area contributed by atoms with E-state index in [1.807, 2.05) is 34.1 Å².